The van der Waals surface area contributed by atoms with Gasteiger partial charge in [0.1, 0.15) is 5.76 Å². The second-order valence-electron chi connectivity index (χ2n) is 13.1. The molecule has 7 rings (SSSR count). The van der Waals surface area contributed by atoms with Crippen LogP contribution in [0, 0.1) is 11.8 Å². The average molecular weight is 632 g/mol. The van der Waals surface area contributed by atoms with E-state index in [2.05, 4.69) is 10.1 Å². The molecule has 5 atom stereocenters. The first-order valence-corrected chi connectivity index (χ1v) is 17.1. The lowest BCUT2D eigenvalue weighted by atomic mass is 9.76. The number of hydrogen-bond acceptors (Lipinski definition) is 8. The Balaban J connectivity index is 1.09. The number of carbonyl (C=O) groups is 1. The summed E-state index contributed by atoms with van der Waals surface area (Å²) >= 11 is 1.61. The lowest BCUT2D eigenvalue weighted by Gasteiger charge is -2.38. The number of carbonyl (C=O) groups excluding carboxylic acids is 1. The molecule has 2 aromatic heterocycles. The number of fused-ring (bicyclic) bond motifs is 3. The number of halogens is 3. The molecule has 11 heteroatoms. The van der Waals surface area contributed by atoms with Crippen molar-refractivity contribution in [3.05, 3.63) is 40.8 Å². The third-order valence-electron chi connectivity index (χ3n) is 10.1. The fourth-order valence-electron chi connectivity index (χ4n) is 7.83. The summed E-state index contributed by atoms with van der Waals surface area (Å²) in [5, 5.41) is 5.26. The zero-order chi connectivity index (χ0) is 30.4. The van der Waals surface area contributed by atoms with Crippen molar-refractivity contribution in [2.75, 3.05) is 18.1 Å². The molecule has 3 aliphatic carbocycles. The van der Waals surface area contributed by atoms with Gasteiger partial charge in [0.25, 0.3) is 0 Å². The SMILES string of the molecule is CCOC(=O)c1ccc2nc(N3CCCC4CC(OCc5c(C6CCCCC6C(F)(F)F)noc5C5CC5)CC3C4)sc2c1. The second-order valence-corrected chi connectivity index (χ2v) is 14.1. The van der Waals surface area contributed by atoms with Crippen LogP contribution in [-0.2, 0) is 16.1 Å². The van der Waals surface area contributed by atoms with E-state index in [0.29, 0.717) is 36.6 Å². The number of esters is 1. The number of thiazole rings is 1. The van der Waals surface area contributed by atoms with Gasteiger partial charge in [-0.15, -0.1) is 0 Å². The van der Waals surface area contributed by atoms with E-state index in [1.54, 1.807) is 24.3 Å². The van der Waals surface area contributed by atoms with Crippen molar-refractivity contribution in [3.63, 3.8) is 0 Å². The molecule has 4 aliphatic rings. The van der Waals surface area contributed by atoms with E-state index in [4.69, 9.17) is 19.0 Å². The summed E-state index contributed by atoms with van der Waals surface area (Å²) in [6.07, 6.45) is 4.81. The molecule has 1 aliphatic heterocycles. The van der Waals surface area contributed by atoms with E-state index in [1.165, 1.54) is 0 Å². The Kier molecular flexibility index (Phi) is 8.37. The van der Waals surface area contributed by atoms with Gasteiger partial charge in [-0.3, -0.25) is 0 Å². The Bertz CT molecular complexity index is 1480. The van der Waals surface area contributed by atoms with Gasteiger partial charge in [-0.25, -0.2) is 9.78 Å². The van der Waals surface area contributed by atoms with Gasteiger partial charge in [0, 0.05) is 30.0 Å². The molecule has 3 aromatic rings. The highest BCUT2D eigenvalue weighted by atomic mass is 32.1. The second kappa shape index (κ2) is 12.3. The topological polar surface area (TPSA) is 77.7 Å². The minimum absolute atomic E-state index is 0.00344. The molecule has 0 amide bonds. The summed E-state index contributed by atoms with van der Waals surface area (Å²) in [6, 6.07) is 5.79. The largest absolute Gasteiger partial charge is 0.462 e. The van der Waals surface area contributed by atoms with Crippen LogP contribution >= 0.6 is 11.3 Å². The number of benzene rings is 1. The van der Waals surface area contributed by atoms with E-state index >= 15 is 0 Å². The quantitative estimate of drug-likeness (QED) is 0.231. The number of rotatable bonds is 8. The fraction of sp³-hybridized carbons (Fsp3) is 0.667. The maximum absolute atomic E-state index is 14.0. The lowest BCUT2D eigenvalue weighted by Crippen LogP contribution is -2.42. The molecule has 2 bridgehead atoms. The highest BCUT2D eigenvalue weighted by molar-refractivity contribution is 7.22. The maximum atomic E-state index is 14.0. The summed E-state index contributed by atoms with van der Waals surface area (Å²) in [4.78, 5) is 19.6. The molecule has 4 fully saturated rings. The monoisotopic (exact) mass is 631 g/mol. The zero-order valence-electron chi connectivity index (χ0n) is 25.1. The van der Waals surface area contributed by atoms with E-state index < -0.39 is 18.0 Å². The van der Waals surface area contributed by atoms with Crippen molar-refractivity contribution in [3.8, 4) is 0 Å². The minimum atomic E-state index is -4.24. The van der Waals surface area contributed by atoms with E-state index in [9.17, 15) is 18.0 Å². The number of aromatic nitrogens is 2. The third kappa shape index (κ3) is 6.10. The Morgan fingerprint density at radius 2 is 1.93 bits per heavy atom. The van der Waals surface area contributed by atoms with Crippen LogP contribution in [0.1, 0.15) is 117 Å². The molecular formula is C33H40F3N3O4S. The number of nitrogens with zero attached hydrogens (tertiary/aromatic N) is 3. The summed E-state index contributed by atoms with van der Waals surface area (Å²) in [6.45, 7) is 3.31. The summed E-state index contributed by atoms with van der Waals surface area (Å²) in [7, 11) is 0. The van der Waals surface area contributed by atoms with Crippen molar-refractivity contribution in [2.24, 2.45) is 11.8 Å². The van der Waals surface area contributed by atoms with Gasteiger partial charge in [-0.05, 0) is 88.8 Å². The number of alkyl halides is 3. The van der Waals surface area contributed by atoms with Crippen molar-refractivity contribution < 1.29 is 32.0 Å². The number of ether oxygens (including phenoxy) is 2. The average Bonchev–Trinajstić information content (AvgIpc) is 3.66. The molecule has 7 nitrogen and oxygen atoms in total. The molecule has 3 heterocycles. The van der Waals surface area contributed by atoms with Crippen molar-refractivity contribution in [1.29, 1.82) is 0 Å². The maximum Gasteiger partial charge on any atom is 0.392 e. The lowest BCUT2D eigenvalue weighted by molar-refractivity contribution is -0.187. The molecule has 5 unspecified atom stereocenters. The normalized spacial score (nSPS) is 27.8. The summed E-state index contributed by atoms with van der Waals surface area (Å²) in [5.74, 6) is -0.834. The van der Waals surface area contributed by atoms with E-state index in [0.717, 1.165) is 84.6 Å². The van der Waals surface area contributed by atoms with Crippen molar-refractivity contribution in [1.82, 2.24) is 10.1 Å². The minimum Gasteiger partial charge on any atom is -0.462 e. The van der Waals surface area contributed by atoms with Crippen LogP contribution < -0.4 is 4.90 Å². The van der Waals surface area contributed by atoms with Crippen LogP contribution in [0.5, 0.6) is 0 Å². The van der Waals surface area contributed by atoms with Gasteiger partial charge in [0.2, 0.25) is 0 Å². The van der Waals surface area contributed by atoms with Gasteiger partial charge in [-0.2, -0.15) is 13.2 Å². The van der Waals surface area contributed by atoms with Gasteiger partial charge < -0.3 is 18.9 Å². The van der Waals surface area contributed by atoms with E-state index in [1.807, 2.05) is 12.1 Å². The first kappa shape index (κ1) is 30.0. The van der Waals surface area contributed by atoms with Crippen LogP contribution in [0.15, 0.2) is 22.7 Å². The van der Waals surface area contributed by atoms with Crippen LogP contribution in [0.3, 0.4) is 0 Å². The molecule has 1 saturated heterocycles. The number of anilines is 1. The van der Waals surface area contributed by atoms with E-state index in [-0.39, 0.29) is 37.1 Å². The third-order valence-corrected chi connectivity index (χ3v) is 11.2. The van der Waals surface area contributed by atoms with Crippen molar-refractivity contribution in [2.45, 2.75) is 114 Å². The molecule has 0 N–H and O–H groups in total. The predicted octanol–water partition coefficient (Wildman–Crippen LogP) is 8.53. The van der Waals surface area contributed by atoms with Gasteiger partial charge >= 0.3 is 12.1 Å². The Hall–Kier alpha value is -2.66. The summed E-state index contributed by atoms with van der Waals surface area (Å²) < 4.78 is 60.7. The Labute approximate surface area is 259 Å². The molecule has 0 radical (unpaired) electrons. The van der Waals surface area contributed by atoms with Crippen LogP contribution in [0.4, 0.5) is 18.3 Å². The van der Waals surface area contributed by atoms with Gasteiger partial charge in [0.05, 0.1) is 46.7 Å². The van der Waals surface area contributed by atoms with Gasteiger partial charge in [0.15, 0.2) is 5.13 Å². The smallest absolute Gasteiger partial charge is 0.392 e. The molecule has 238 valence electrons. The Morgan fingerprint density at radius 3 is 2.73 bits per heavy atom. The molecule has 0 spiro atoms. The molecule has 3 saturated carbocycles. The van der Waals surface area contributed by atoms with Gasteiger partial charge in [-0.1, -0.05) is 29.3 Å². The standard InChI is InChI=1S/C33H40F3N3O4S/c1-2-41-31(40)21-11-12-27-28(16-21)44-32(37-27)39-13-5-6-19-14-22(39)17-23(15-19)42-18-25-29(38-43-30(25)20-9-10-20)24-7-3-4-8-26(24)33(34,35)36/h11-12,16,19-20,22-24,26H,2-10,13-15,17-18H2,1H3. The highest BCUT2D eigenvalue weighted by Crippen LogP contribution is 2.50. The highest BCUT2D eigenvalue weighted by Gasteiger charge is 2.48. The zero-order valence-corrected chi connectivity index (χ0v) is 25.9. The van der Waals surface area contributed by atoms with Crippen LogP contribution in [0.25, 0.3) is 10.2 Å². The fourth-order valence-corrected chi connectivity index (χ4v) is 8.93. The predicted molar refractivity (Wildman–Crippen MR) is 161 cm³/mol. The first-order valence-electron chi connectivity index (χ1n) is 16.3. The van der Waals surface area contributed by atoms with Crippen molar-refractivity contribution >= 4 is 32.7 Å². The van der Waals surface area contributed by atoms with Crippen LogP contribution in [-0.4, -0.2) is 47.6 Å². The number of hydrogen-bond donors (Lipinski definition) is 0. The van der Waals surface area contributed by atoms with Crippen LogP contribution in [0.2, 0.25) is 0 Å². The molecule has 44 heavy (non-hydrogen) atoms. The summed E-state index contributed by atoms with van der Waals surface area (Å²) in [5.41, 5.74) is 2.67. The molecule has 1 aromatic carbocycles. The molecular weight excluding hydrogens is 591 g/mol. The first-order chi connectivity index (χ1) is 21.3. The Morgan fingerprint density at radius 1 is 1.09 bits per heavy atom.